The fourth-order valence-electron chi connectivity index (χ4n) is 8.91. The molecule has 0 atom stereocenters. The lowest BCUT2D eigenvalue weighted by molar-refractivity contribution is 0.345. The summed E-state index contributed by atoms with van der Waals surface area (Å²) in [4.78, 5) is 0. The molecule has 6 aromatic carbocycles. The van der Waals surface area contributed by atoms with Crippen LogP contribution in [0.1, 0.15) is 93.2 Å². The van der Waals surface area contributed by atoms with Crippen molar-refractivity contribution < 1.29 is 10.2 Å². The Bertz CT molecular complexity index is 1910. The predicted octanol–water partition coefficient (Wildman–Crippen LogP) is 13.3. The molecule has 0 unspecified atom stereocenters. The van der Waals surface area contributed by atoms with E-state index in [9.17, 15) is 10.2 Å². The van der Waals surface area contributed by atoms with E-state index < -0.39 is 0 Å². The smallest absolute Gasteiger partial charge is 0.131 e. The molecule has 0 radical (unpaired) electrons. The minimum Gasteiger partial charge on any atom is -0.507 e. The highest BCUT2D eigenvalue weighted by Gasteiger charge is 2.38. The summed E-state index contributed by atoms with van der Waals surface area (Å²) in [6, 6.07) is 43.4. The molecule has 6 aromatic rings. The summed E-state index contributed by atoms with van der Waals surface area (Å²) >= 11 is 0. The second-order valence-corrected chi connectivity index (χ2v) is 14.5. The Morgan fingerprint density at radius 2 is 0.654 bits per heavy atom. The molecule has 2 N–H and O–H groups in total. The number of hydrogen-bond acceptors (Lipinski definition) is 2. The number of aromatic hydroxyl groups is 2. The first-order chi connectivity index (χ1) is 25.4. The zero-order chi connectivity index (χ0) is 36.2. The lowest BCUT2D eigenvalue weighted by Crippen LogP contribution is -2.31. The molecule has 1 aliphatic carbocycles. The number of phenols is 2. The molecule has 2 nitrogen and oxygen atoms in total. The summed E-state index contributed by atoms with van der Waals surface area (Å²) in [7, 11) is 0. The molecule has 1 aliphatic rings. The lowest BCUT2D eigenvalue weighted by Gasteiger charge is -2.40. The molecule has 0 amide bonds. The van der Waals surface area contributed by atoms with Crippen molar-refractivity contribution in [3.63, 3.8) is 0 Å². The van der Waals surface area contributed by atoms with E-state index in [4.69, 9.17) is 0 Å². The van der Waals surface area contributed by atoms with Crippen LogP contribution >= 0.6 is 0 Å². The molecule has 1 fully saturated rings. The second-order valence-electron chi connectivity index (χ2n) is 14.5. The molecule has 264 valence electrons. The van der Waals surface area contributed by atoms with Gasteiger partial charge in [0.25, 0.3) is 0 Å². The van der Waals surface area contributed by atoms with E-state index >= 15 is 0 Å². The van der Waals surface area contributed by atoms with Gasteiger partial charge in [-0.05, 0) is 118 Å². The van der Waals surface area contributed by atoms with Crippen LogP contribution in [0, 0.1) is 0 Å². The van der Waals surface area contributed by atoms with Gasteiger partial charge >= 0.3 is 0 Å². The Morgan fingerprint density at radius 1 is 0.385 bits per heavy atom. The molecule has 2 heteroatoms. The highest BCUT2D eigenvalue weighted by Crippen LogP contribution is 2.53. The first-order valence-corrected chi connectivity index (χ1v) is 19.5. The largest absolute Gasteiger partial charge is 0.507 e. The quantitative estimate of drug-likeness (QED) is 0.151. The fraction of sp³-hybridized carbons (Fsp3) is 0.280. The van der Waals surface area contributed by atoms with Crippen LogP contribution in [0.5, 0.6) is 11.5 Å². The maximum absolute atomic E-state index is 12.3. The molecular weight excluding hydrogens is 633 g/mol. The van der Waals surface area contributed by atoms with E-state index in [0.29, 0.717) is 11.5 Å². The summed E-state index contributed by atoms with van der Waals surface area (Å²) in [6.07, 6.45) is 8.94. The molecule has 0 heterocycles. The molecule has 0 spiro atoms. The number of rotatable bonds is 10. The van der Waals surface area contributed by atoms with Crippen LogP contribution in [0.4, 0.5) is 0 Å². The third-order valence-corrected chi connectivity index (χ3v) is 11.8. The highest BCUT2D eigenvalue weighted by molar-refractivity contribution is 5.88. The molecule has 0 saturated heterocycles. The minimum atomic E-state index is -0.322. The van der Waals surface area contributed by atoms with Gasteiger partial charge in [-0.15, -0.1) is 0 Å². The molecule has 52 heavy (non-hydrogen) atoms. The normalized spacial score (nSPS) is 14.0. The van der Waals surface area contributed by atoms with Gasteiger partial charge in [0, 0.05) is 27.7 Å². The van der Waals surface area contributed by atoms with Gasteiger partial charge in [0.15, 0.2) is 0 Å². The van der Waals surface area contributed by atoms with Gasteiger partial charge in [0.2, 0.25) is 0 Å². The van der Waals surface area contributed by atoms with Crippen molar-refractivity contribution >= 4 is 0 Å². The van der Waals surface area contributed by atoms with Gasteiger partial charge in [-0.1, -0.05) is 144 Å². The van der Waals surface area contributed by atoms with E-state index in [0.717, 1.165) is 95.9 Å². The van der Waals surface area contributed by atoms with Gasteiger partial charge < -0.3 is 10.2 Å². The van der Waals surface area contributed by atoms with Crippen molar-refractivity contribution in [3.8, 4) is 56.0 Å². The zero-order valence-corrected chi connectivity index (χ0v) is 31.3. The van der Waals surface area contributed by atoms with E-state index in [1.807, 2.05) is 0 Å². The molecule has 1 saturated carbocycles. The predicted molar refractivity (Wildman–Crippen MR) is 219 cm³/mol. The van der Waals surface area contributed by atoms with E-state index in [-0.39, 0.29) is 5.41 Å². The van der Waals surface area contributed by atoms with Crippen molar-refractivity contribution in [2.24, 2.45) is 0 Å². The zero-order valence-electron chi connectivity index (χ0n) is 31.3. The van der Waals surface area contributed by atoms with Crippen LogP contribution in [-0.2, 0) is 31.1 Å². The maximum Gasteiger partial charge on any atom is 0.131 e. The van der Waals surface area contributed by atoms with Gasteiger partial charge in [0.1, 0.15) is 11.5 Å². The van der Waals surface area contributed by atoms with E-state index in [2.05, 4.69) is 149 Å². The minimum absolute atomic E-state index is 0.322. The summed E-state index contributed by atoms with van der Waals surface area (Å²) in [5, 5.41) is 24.6. The highest BCUT2D eigenvalue weighted by atomic mass is 16.3. The van der Waals surface area contributed by atoms with Crippen molar-refractivity contribution in [2.45, 2.75) is 90.9 Å². The SMILES string of the molecule is CCc1ccccc1-c1cc(C2(c3cc(-c4ccccc4CC)c(O)c(-c4ccccc4CC)c3)CCCCC2)cc(-c2ccccc2CC)c1O. The summed E-state index contributed by atoms with van der Waals surface area (Å²) in [5.41, 5.74) is 15.0. The topological polar surface area (TPSA) is 40.5 Å². The first kappa shape index (κ1) is 35.3. The van der Waals surface area contributed by atoms with Crippen molar-refractivity contribution in [1.29, 1.82) is 0 Å². The standard InChI is InChI=1S/C50H52O2/c1-5-34-20-10-14-24-40(34)44-30-38(31-45(48(44)51)41-25-15-11-21-35(41)6-2)50(28-18-9-19-29-50)39-32-46(42-26-16-12-22-36(42)7-3)49(52)47(33-39)43-27-17-13-23-37(43)8-4/h10-17,20-27,30-33,51-52H,5-9,18-19,28-29H2,1-4H3. The van der Waals surface area contributed by atoms with Crippen LogP contribution < -0.4 is 0 Å². The van der Waals surface area contributed by atoms with Gasteiger partial charge in [-0.3, -0.25) is 0 Å². The summed E-state index contributed by atoms with van der Waals surface area (Å²) in [5.74, 6) is 0.690. The number of benzene rings is 6. The molecule has 7 rings (SSSR count). The third-order valence-electron chi connectivity index (χ3n) is 11.8. The van der Waals surface area contributed by atoms with E-state index in [1.54, 1.807) is 0 Å². The van der Waals surface area contributed by atoms with Crippen LogP contribution in [0.2, 0.25) is 0 Å². The summed E-state index contributed by atoms with van der Waals surface area (Å²) < 4.78 is 0. The first-order valence-electron chi connectivity index (χ1n) is 19.5. The summed E-state index contributed by atoms with van der Waals surface area (Å²) in [6.45, 7) is 8.77. The number of phenolic OH excluding ortho intramolecular Hbond substituents is 2. The second kappa shape index (κ2) is 15.3. The van der Waals surface area contributed by atoms with Crippen molar-refractivity contribution in [3.05, 3.63) is 155 Å². The van der Waals surface area contributed by atoms with Crippen LogP contribution in [0.15, 0.2) is 121 Å². The Kier molecular flexibility index (Phi) is 10.4. The van der Waals surface area contributed by atoms with Crippen molar-refractivity contribution in [2.75, 3.05) is 0 Å². The van der Waals surface area contributed by atoms with Crippen molar-refractivity contribution in [1.82, 2.24) is 0 Å². The molecule has 0 bridgehead atoms. The van der Waals surface area contributed by atoms with Crippen LogP contribution in [0.3, 0.4) is 0 Å². The number of aryl methyl sites for hydroxylation is 4. The average Bonchev–Trinajstić information content (AvgIpc) is 3.21. The molecule has 0 aromatic heterocycles. The van der Waals surface area contributed by atoms with Crippen LogP contribution in [-0.4, -0.2) is 10.2 Å². The van der Waals surface area contributed by atoms with Gasteiger partial charge in [0.05, 0.1) is 0 Å². The Morgan fingerprint density at radius 3 is 0.923 bits per heavy atom. The van der Waals surface area contributed by atoms with Crippen LogP contribution in [0.25, 0.3) is 44.5 Å². The van der Waals surface area contributed by atoms with Gasteiger partial charge in [-0.2, -0.15) is 0 Å². The molecular formula is C50H52O2. The number of hydrogen-bond donors (Lipinski definition) is 2. The Labute approximate surface area is 310 Å². The Balaban J connectivity index is 1.58. The molecule has 0 aliphatic heterocycles. The average molecular weight is 685 g/mol. The maximum atomic E-state index is 12.3. The Hall–Kier alpha value is -5.08. The third kappa shape index (κ3) is 6.34. The monoisotopic (exact) mass is 684 g/mol. The fourth-order valence-corrected chi connectivity index (χ4v) is 8.91. The lowest BCUT2D eigenvalue weighted by atomic mass is 9.63. The van der Waals surface area contributed by atoms with E-state index in [1.165, 1.54) is 39.8 Å². The van der Waals surface area contributed by atoms with Gasteiger partial charge in [-0.25, -0.2) is 0 Å².